The van der Waals surface area contributed by atoms with Crippen LogP contribution in [0.4, 0.5) is 0 Å². The Kier molecular flexibility index (Phi) is 5.26. The van der Waals surface area contributed by atoms with E-state index in [0.717, 1.165) is 17.0 Å². The maximum Gasteiger partial charge on any atom is 0.271 e. The summed E-state index contributed by atoms with van der Waals surface area (Å²) in [5, 5.41) is 14.2. The van der Waals surface area contributed by atoms with Crippen LogP contribution >= 0.6 is 0 Å². The van der Waals surface area contributed by atoms with Gasteiger partial charge in [-0.3, -0.25) is 19.4 Å². The molecule has 0 aliphatic carbocycles. The lowest BCUT2D eigenvalue weighted by Gasteiger charge is -2.27. The van der Waals surface area contributed by atoms with E-state index >= 15 is 0 Å². The zero-order valence-corrected chi connectivity index (χ0v) is 17.2. The summed E-state index contributed by atoms with van der Waals surface area (Å²) in [7, 11) is 1.61. The van der Waals surface area contributed by atoms with Gasteiger partial charge >= 0.3 is 0 Å². The van der Waals surface area contributed by atoms with E-state index in [4.69, 9.17) is 4.74 Å². The van der Waals surface area contributed by atoms with Gasteiger partial charge in [-0.25, -0.2) is 0 Å². The molecule has 1 aromatic carbocycles. The molecule has 0 fully saturated rings. The Morgan fingerprint density at radius 1 is 1.20 bits per heavy atom. The summed E-state index contributed by atoms with van der Waals surface area (Å²) >= 11 is 0. The van der Waals surface area contributed by atoms with E-state index < -0.39 is 0 Å². The molecule has 156 valence electrons. The summed E-state index contributed by atoms with van der Waals surface area (Å²) in [6.07, 6.45) is 1.55. The van der Waals surface area contributed by atoms with Gasteiger partial charge in [0.25, 0.3) is 11.8 Å². The molecule has 0 spiro atoms. The highest BCUT2D eigenvalue weighted by Crippen LogP contribution is 2.26. The van der Waals surface area contributed by atoms with Crippen LogP contribution in [0.15, 0.2) is 36.5 Å². The highest BCUT2D eigenvalue weighted by molar-refractivity contribution is 6.00. The number of methoxy groups -OCH3 is 1. The summed E-state index contributed by atoms with van der Waals surface area (Å²) in [5.41, 5.74) is 3.23. The van der Waals surface area contributed by atoms with Crippen LogP contribution in [0.2, 0.25) is 0 Å². The lowest BCUT2D eigenvalue weighted by Crippen LogP contribution is -2.38. The number of hydrogen-bond donors (Lipinski definition) is 2. The van der Waals surface area contributed by atoms with Crippen LogP contribution in [0.5, 0.6) is 5.75 Å². The van der Waals surface area contributed by atoms with E-state index in [1.165, 1.54) is 0 Å². The zero-order valence-electron chi connectivity index (χ0n) is 17.2. The lowest BCUT2D eigenvalue weighted by atomic mass is 10.1. The molecule has 9 heteroatoms. The van der Waals surface area contributed by atoms with Crippen LogP contribution in [-0.2, 0) is 13.1 Å². The van der Waals surface area contributed by atoms with Crippen molar-refractivity contribution >= 4 is 11.8 Å². The summed E-state index contributed by atoms with van der Waals surface area (Å²) in [6.45, 7) is 5.23. The molecule has 9 nitrogen and oxygen atoms in total. The molecule has 2 N–H and O–H groups in total. The van der Waals surface area contributed by atoms with E-state index in [1.54, 1.807) is 29.0 Å². The molecule has 0 unspecified atom stereocenters. The number of fused-ring (bicyclic) bond motifs is 1. The Labute approximate surface area is 174 Å². The van der Waals surface area contributed by atoms with E-state index in [1.807, 2.05) is 38.1 Å². The van der Waals surface area contributed by atoms with E-state index in [0.29, 0.717) is 36.6 Å². The van der Waals surface area contributed by atoms with Crippen molar-refractivity contribution in [1.29, 1.82) is 0 Å². The topological polar surface area (TPSA) is 105 Å². The number of carbonyl (C=O) groups excluding carboxylic acids is 2. The van der Waals surface area contributed by atoms with Crippen LogP contribution in [0.25, 0.3) is 11.3 Å². The predicted molar refractivity (Wildman–Crippen MR) is 110 cm³/mol. The Morgan fingerprint density at radius 2 is 1.97 bits per heavy atom. The predicted octanol–water partition coefficient (Wildman–Crippen LogP) is 2.08. The van der Waals surface area contributed by atoms with Gasteiger partial charge in [0.2, 0.25) is 0 Å². The first-order valence-electron chi connectivity index (χ1n) is 9.81. The number of H-pyrrole nitrogens is 1. The molecular formula is C21H24N6O3. The zero-order chi connectivity index (χ0) is 21.3. The molecular weight excluding hydrogens is 384 g/mol. The van der Waals surface area contributed by atoms with Crippen molar-refractivity contribution in [2.75, 3.05) is 13.7 Å². The summed E-state index contributed by atoms with van der Waals surface area (Å²) in [5.74, 6) is 0.421. The van der Waals surface area contributed by atoms with Gasteiger partial charge in [0.1, 0.15) is 5.75 Å². The molecule has 0 saturated heterocycles. The molecule has 2 amide bonds. The minimum Gasteiger partial charge on any atom is -0.497 e. The first kappa shape index (κ1) is 19.7. The average Bonchev–Trinajstić information content (AvgIpc) is 3.39. The fraction of sp³-hybridized carbons (Fsp3) is 0.333. The van der Waals surface area contributed by atoms with Crippen LogP contribution in [-0.4, -0.2) is 56.4 Å². The average molecular weight is 408 g/mol. The van der Waals surface area contributed by atoms with Gasteiger partial charge in [-0.1, -0.05) is 0 Å². The maximum atomic E-state index is 13.2. The SMILES string of the molecule is COc1ccc(-c2[nH]ncc2C(=O)N2CCn3nc(C(=O)NC(C)C)cc3C2)cc1. The Hall–Kier alpha value is -3.62. The van der Waals surface area contributed by atoms with Crippen LogP contribution in [0, 0.1) is 0 Å². The second kappa shape index (κ2) is 8.02. The van der Waals surface area contributed by atoms with Crippen molar-refractivity contribution in [3.05, 3.63) is 53.5 Å². The molecule has 3 aromatic rings. The lowest BCUT2D eigenvalue weighted by molar-refractivity contribution is 0.0706. The van der Waals surface area contributed by atoms with Gasteiger partial charge in [-0.15, -0.1) is 0 Å². The number of carbonyl (C=O) groups is 2. The molecule has 1 aliphatic heterocycles. The van der Waals surface area contributed by atoms with Crippen molar-refractivity contribution in [2.24, 2.45) is 0 Å². The van der Waals surface area contributed by atoms with Gasteiger partial charge < -0.3 is 15.0 Å². The van der Waals surface area contributed by atoms with Gasteiger partial charge in [-0.2, -0.15) is 10.2 Å². The summed E-state index contributed by atoms with van der Waals surface area (Å²) in [4.78, 5) is 27.2. The normalized spacial score (nSPS) is 13.3. The van der Waals surface area contributed by atoms with Crippen LogP contribution < -0.4 is 10.1 Å². The highest BCUT2D eigenvalue weighted by Gasteiger charge is 2.27. The number of benzene rings is 1. The summed E-state index contributed by atoms with van der Waals surface area (Å²) in [6, 6.07) is 9.23. The fourth-order valence-corrected chi connectivity index (χ4v) is 3.48. The first-order valence-corrected chi connectivity index (χ1v) is 9.81. The number of aromatic nitrogens is 4. The third kappa shape index (κ3) is 3.78. The molecule has 0 bridgehead atoms. The minimum atomic E-state index is -0.207. The molecule has 30 heavy (non-hydrogen) atoms. The molecule has 2 aromatic heterocycles. The number of aromatic amines is 1. The minimum absolute atomic E-state index is 0.0340. The fourth-order valence-electron chi connectivity index (χ4n) is 3.48. The number of amides is 2. The van der Waals surface area contributed by atoms with E-state index in [9.17, 15) is 9.59 Å². The number of rotatable bonds is 5. The van der Waals surface area contributed by atoms with E-state index in [2.05, 4.69) is 20.6 Å². The van der Waals surface area contributed by atoms with Crippen LogP contribution in [0.3, 0.4) is 0 Å². The third-order valence-corrected chi connectivity index (χ3v) is 4.99. The molecule has 1 aliphatic rings. The molecule has 0 atom stereocenters. The molecule has 3 heterocycles. The van der Waals surface area contributed by atoms with Gasteiger partial charge in [0, 0.05) is 18.2 Å². The molecule has 4 rings (SSSR count). The van der Waals surface area contributed by atoms with Crippen LogP contribution in [0.1, 0.15) is 40.4 Å². The maximum absolute atomic E-state index is 13.2. The van der Waals surface area contributed by atoms with Crippen molar-refractivity contribution in [3.63, 3.8) is 0 Å². The second-order valence-corrected chi connectivity index (χ2v) is 7.49. The molecule has 0 saturated carbocycles. The van der Waals surface area contributed by atoms with Gasteiger partial charge in [-0.05, 0) is 44.2 Å². The monoisotopic (exact) mass is 408 g/mol. The quantitative estimate of drug-likeness (QED) is 0.672. The highest BCUT2D eigenvalue weighted by atomic mass is 16.5. The number of ether oxygens (including phenoxy) is 1. The van der Waals surface area contributed by atoms with E-state index in [-0.39, 0.29) is 17.9 Å². The van der Waals surface area contributed by atoms with Crippen molar-refractivity contribution < 1.29 is 14.3 Å². The molecule has 0 radical (unpaired) electrons. The first-order chi connectivity index (χ1) is 14.5. The van der Waals surface area contributed by atoms with Crippen molar-refractivity contribution in [2.45, 2.75) is 33.0 Å². The Morgan fingerprint density at radius 3 is 2.67 bits per heavy atom. The second-order valence-electron chi connectivity index (χ2n) is 7.49. The smallest absolute Gasteiger partial charge is 0.271 e. The number of nitrogens with one attached hydrogen (secondary N) is 2. The Bertz CT molecular complexity index is 1070. The number of hydrogen-bond acceptors (Lipinski definition) is 5. The Balaban J connectivity index is 1.53. The largest absolute Gasteiger partial charge is 0.497 e. The van der Waals surface area contributed by atoms with Gasteiger partial charge in [0.15, 0.2) is 5.69 Å². The van der Waals surface area contributed by atoms with Crippen molar-refractivity contribution in [1.82, 2.24) is 30.2 Å². The number of nitrogens with zero attached hydrogens (tertiary/aromatic N) is 4. The summed E-state index contributed by atoms with van der Waals surface area (Å²) < 4.78 is 6.99. The van der Waals surface area contributed by atoms with Gasteiger partial charge in [0.05, 0.1) is 43.3 Å². The standard InChI is InChI=1S/C21H24N6O3/c1-13(2)23-20(28)18-10-15-12-26(8-9-27(15)25-18)21(29)17-11-22-24-19(17)14-4-6-16(30-3)7-5-14/h4-7,10-11,13H,8-9,12H2,1-3H3,(H,22,24)(H,23,28). The third-order valence-electron chi connectivity index (χ3n) is 4.99. The van der Waals surface area contributed by atoms with Crippen molar-refractivity contribution in [3.8, 4) is 17.0 Å².